The molecule has 2 heterocycles. The van der Waals surface area contributed by atoms with Gasteiger partial charge in [-0.25, -0.2) is 14.8 Å². The number of carbonyl (C=O) groups is 1. The van der Waals surface area contributed by atoms with Crippen LogP contribution in [0.4, 0.5) is 0 Å². The molecule has 1 N–H and O–H groups in total. The van der Waals surface area contributed by atoms with Crippen molar-refractivity contribution in [1.82, 2.24) is 14.5 Å². The van der Waals surface area contributed by atoms with Crippen LogP contribution in [0.5, 0.6) is 0 Å². The minimum absolute atomic E-state index is 0.0842. The van der Waals surface area contributed by atoms with Crippen molar-refractivity contribution in [1.29, 1.82) is 0 Å². The van der Waals surface area contributed by atoms with E-state index in [0.717, 1.165) is 0 Å². The van der Waals surface area contributed by atoms with Gasteiger partial charge in [-0.2, -0.15) is 0 Å². The van der Waals surface area contributed by atoms with Crippen molar-refractivity contribution in [3.05, 3.63) is 42.5 Å². The van der Waals surface area contributed by atoms with Crippen LogP contribution in [0.25, 0.3) is 5.95 Å². The van der Waals surface area contributed by atoms with Crippen LogP contribution in [0.15, 0.2) is 36.9 Å². The van der Waals surface area contributed by atoms with Gasteiger partial charge in [0.2, 0.25) is 5.95 Å². The number of hydrogen-bond acceptors (Lipinski definition) is 3. The summed E-state index contributed by atoms with van der Waals surface area (Å²) in [7, 11) is 0. The molecule has 0 aromatic carbocycles. The van der Waals surface area contributed by atoms with E-state index < -0.39 is 5.97 Å². The molecule has 0 unspecified atom stereocenters. The summed E-state index contributed by atoms with van der Waals surface area (Å²) in [6.07, 6.45) is 6.14. The Balaban J connectivity index is 2.36. The Morgan fingerprint density at radius 1 is 1.21 bits per heavy atom. The van der Waals surface area contributed by atoms with Crippen molar-refractivity contribution in [2.75, 3.05) is 0 Å². The first-order valence-electron chi connectivity index (χ1n) is 3.96. The molecule has 0 saturated heterocycles. The Labute approximate surface area is 79.7 Å². The van der Waals surface area contributed by atoms with E-state index in [9.17, 15) is 4.79 Å². The van der Waals surface area contributed by atoms with Crippen LogP contribution in [0, 0.1) is 0 Å². The molecule has 0 fully saturated rings. The maximum atomic E-state index is 10.5. The third-order valence-corrected chi connectivity index (χ3v) is 1.72. The van der Waals surface area contributed by atoms with E-state index in [1.165, 1.54) is 12.4 Å². The van der Waals surface area contributed by atoms with Crippen LogP contribution >= 0.6 is 0 Å². The van der Waals surface area contributed by atoms with Crippen molar-refractivity contribution >= 4 is 5.97 Å². The molecule has 0 aliphatic rings. The standard InChI is InChI=1S/C9H7N3O2/c13-8(14)7-5-10-9(11-6-7)12-3-1-2-4-12/h1-6H,(H,13,14). The smallest absolute Gasteiger partial charge is 0.338 e. The highest BCUT2D eigenvalue weighted by molar-refractivity contribution is 5.86. The van der Waals surface area contributed by atoms with Crippen molar-refractivity contribution in [3.8, 4) is 5.95 Å². The highest BCUT2D eigenvalue weighted by Gasteiger charge is 2.04. The molecule has 5 nitrogen and oxygen atoms in total. The zero-order chi connectivity index (χ0) is 9.97. The largest absolute Gasteiger partial charge is 0.478 e. The lowest BCUT2D eigenvalue weighted by atomic mass is 10.3. The molecule has 0 atom stereocenters. The summed E-state index contributed by atoms with van der Waals surface area (Å²) in [5.74, 6) is -0.566. The molecule has 0 bridgehead atoms. The average molecular weight is 189 g/mol. The first-order chi connectivity index (χ1) is 6.77. The number of carboxylic acid groups (broad SMARTS) is 1. The second-order valence-corrected chi connectivity index (χ2v) is 2.67. The Kier molecular flexibility index (Phi) is 1.98. The fraction of sp³-hybridized carbons (Fsp3) is 0. The van der Waals surface area contributed by atoms with Crippen molar-refractivity contribution < 1.29 is 9.90 Å². The Bertz CT molecular complexity index is 434. The first-order valence-corrected chi connectivity index (χ1v) is 3.96. The second-order valence-electron chi connectivity index (χ2n) is 2.67. The van der Waals surface area contributed by atoms with Crippen molar-refractivity contribution in [2.45, 2.75) is 0 Å². The van der Waals surface area contributed by atoms with Gasteiger partial charge in [-0.1, -0.05) is 0 Å². The zero-order valence-electron chi connectivity index (χ0n) is 7.16. The Hall–Kier alpha value is -2.17. The van der Waals surface area contributed by atoms with E-state index in [1.807, 2.05) is 12.1 Å². The number of aromatic nitrogens is 3. The number of rotatable bonds is 2. The third kappa shape index (κ3) is 1.47. The molecule has 0 spiro atoms. The Morgan fingerprint density at radius 2 is 1.79 bits per heavy atom. The van der Waals surface area contributed by atoms with Crippen LogP contribution < -0.4 is 0 Å². The quantitative estimate of drug-likeness (QED) is 0.764. The summed E-state index contributed by atoms with van der Waals surface area (Å²) in [4.78, 5) is 18.3. The third-order valence-electron chi connectivity index (χ3n) is 1.72. The molecule has 0 aliphatic carbocycles. The van der Waals surface area contributed by atoms with E-state index in [2.05, 4.69) is 9.97 Å². The maximum Gasteiger partial charge on any atom is 0.338 e. The fourth-order valence-electron chi connectivity index (χ4n) is 1.03. The number of carboxylic acids is 1. The van der Waals surface area contributed by atoms with Crippen LogP contribution in [-0.2, 0) is 0 Å². The highest BCUT2D eigenvalue weighted by Crippen LogP contribution is 2.01. The molecule has 2 aromatic heterocycles. The number of nitrogens with zero attached hydrogens (tertiary/aromatic N) is 3. The van der Waals surface area contributed by atoms with Gasteiger partial charge >= 0.3 is 5.97 Å². The lowest BCUT2D eigenvalue weighted by Crippen LogP contribution is -2.02. The molecular formula is C9H7N3O2. The van der Waals surface area contributed by atoms with E-state index >= 15 is 0 Å². The molecule has 0 amide bonds. The lowest BCUT2D eigenvalue weighted by Gasteiger charge is -1.99. The summed E-state index contributed by atoms with van der Waals surface area (Å²) < 4.78 is 1.70. The van der Waals surface area contributed by atoms with Gasteiger partial charge in [0.25, 0.3) is 0 Å². The molecule has 5 heteroatoms. The molecule has 2 aromatic rings. The van der Waals surface area contributed by atoms with Crippen LogP contribution in [0.1, 0.15) is 10.4 Å². The van der Waals surface area contributed by atoms with Crippen molar-refractivity contribution in [3.63, 3.8) is 0 Å². The molecule has 0 aliphatic heterocycles. The van der Waals surface area contributed by atoms with E-state index in [1.54, 1.807) is 17.0 Å². The van der Waals surface area contributed by atoms with Gasteiger partial charge in [0.1, 0.15) is 0 Å². The molecule has 70 valence electrons. The molecular weight excluding hydrogens is 182 g/mol. The van der Waals surface area contributed by atoms with Crippen LogP contribution in [0.3, 0.4) is 0 Å². The van der Waals surface area contributed by atoms with E-state index in [4.69, 9.17) is 5.11 Å². The normalized spacial score (nSPS) is 10.0. The monoisotopic (exact) mass is 189 g/mol. The number of hydrogen-bond donors (Lipinski definition) is 1. The Morgan fingerprint density at radius 3 is 2.29 bits per heavy atom. The van der Waals surface area contributed by atoms with Gasteiger partial charge in [-0.15, -0.1) is 0 Å². The maximum absolute atomic E-state index is 10.5. The van der Waals surface area contributed by atoms with Crippen LogP contribution in [-0.4, -0.2) is 25.6 Å². The predicted molar refractivity (Wildman–Crippen MR) is 48.3 cm³/mol. The lowest BCUT2D eigenvalue weighted by molar-refractivity contribution is 0.0696. The summed E-state index contributed by atoms with van der Waals surface area (Å²) >= 11 is 0. The number of aromatic carboxylic acids is 1. The van der Waals surface area contributed by atoms with Gasteiger partial charge < -0.3 is 5.11 Å². The molecule has 0 radical (unpaired) electrons. The van der Waals surface area contributed by atoms with Gasteiger partial charge in [-0.05, 0) is 12.1 Å². The van der Waals surface area contributed by atoms with Crippen molar-refractivity contribution in [2.24, 2.45) is 0 Å². The summed E-state index contributed by atoms with van der Waals surface area (Å²) in [6.45, 7) is 0. The van der Waals surface area contributed by atoms with Gasteiger partial charge in [0.05, 0.1) is 5.56 Å². The van der Waals surface area contributed by atoms with Gasteiger partial charge in [0, 0.05) is 24.8 Å². The minimum Gasteiger partial charge on any atom is -0.478 e. The second kappa shape index (κ2) is 3.29. The fourth-order valence-corrected chi connectivity index (χ4v) is 1.03. The zero-order valence-corrected chi connectivity index (χ0v) is 7.16. The summed E-state index contributed by atoms with van der Waals surface area (Å²) in [5, 5.41) is 8.62. The highest BCUT2D eigenvalue weighted by atomic mass is 16.4. The first kappa shape index (κ1) is 8.43. The van der Waals surface area contributed by atoms with E-state index in [-0.39, 0.29) is 5.56 Å². The van der Waals surface area contributed by atoms with Gasteiger partial charge in [0.15, 0.2) is 0 Å². The summed E-state index contributed by atoms with van der Waals surface area (Å²) in [6, 6.07) is 3.68. The summed E-state index contributed by atoms with van der Waals surface area (Å²) in [5.41, 5.74) is 0.0842. The predicted octanol–water partition coefficient (Wildman–Crippen LogP) is 0.965. The minimum atomic E-state index is -1.02. The average Bonchev–Trinajstić information content (AvgIpc) is 2.71. The SMILES string of the molecule is O=C(O)c1cnc(-n2cccc2)nc1. The van der Waals surface area contributed by atoms with Crippen LogP contribution in [0.2, 0.25) is 0 Å². The van der Waals surface area contributed by atoms with E-state index in [0.29, 0.717) is 5.95 Å². The topological polar surface area (TPSA) is 68.0 Å². The molecule has 2 rings (SSSR count). The van der Waals surface area contributed by atoms with Gasteiger partial charge in [-0.3, -0.25) is 4.57 Å². The molecule has 0 saturated carbocycles. The molecule has 14 heavy (non-hydrogen) atoms.